The maximum Gasteiger partial charge on any atom is 0.273 e. The molecule has 3 aromatic rings. The SMILES string of the molecule is O=C(NCC1CCN(c2ncc(F)cn2)CC1)c1cc(-c2ccccc2)on1. The molecule has 4 rings (SSSR count). The van der Waals surface area contributed by atoms with Crippen LogP contribution in [0, 0.1) is 11.7 Å². The average molecular weight is 381 g/mol. The Morgan fingerprint density at radius 1 is 1.18 bits per heavy atom. The zero-order chi connectivity index (χ0) is 19.3. The summed E-state index contributed by atoms with van der Waals surface area (Å²) in [4.78, 5) is 22.4. The predicted molar refractivity (Wildman–Crippen MR) is 101 cm³/mol. The lowest BCUT2D eigenvalue weighted by Crippen LogP contribution is -2.39. The van der Waals surface area contributed by atoms with Crippen molar-refractivity contribution in [3.8, 4) is 11.3 Å². The van der Waals surface area contributed by atoms with E-state index in [1.807, 2.05) is 35.2 Å². The van der Waals surface area contributed by atoms with Gasteiger partial charge in [0.15, 0.2) is 17.3 Å². The van der Waals surface area contributed by atoms with Crippen LogP contribution >= 0.6 is 0 Å². The molecule has 144 valence electrons. The van der Waals surface area contributed by atoms with Crippen LogP contribution < -0.4 is 10.2 Å². The van der Waals surface area contributed by atoms with Gasteiger partial charge in [0.25, 0.3) is 5.91 Å². The van der Waals surface area contributed by atoms with Crippen LogP contribution in [-0.2, 0) is 0 Å². The monoisotopic (exact) mass is 381 g/mol. The molecule has 0 aliphatic carbocycles. The van der Waals surface area contributed by atoms with Crippen molar-refractivity contribution in [1.29, 1.82) is 0 Å². The molecule has 1 aliphatic rings. The number of aromatic nitrogens is 3. The molecule has 1 N–H and O–H groups in total. The predicted octanol–water partition coefficient (Wildman–Crippen LogP) is 2.92. The van der Waals surface area contributed by atoms with Crippen molar-refractivity contribution >= 4 is 11.9 Å². The van der Waals surface area contributed by atoms with E-state index in [0.717, 1.165) is 31.5 Å². The summed E-state index contributed by atoms with van der Waals surface area (Å²) >= 11 is 0. The molecule has 1 aliphatic heterocycles. The van der Waals surface area contributed by atoms with Crippen molar-refractivity contribution in [1.82, 2.24) is 20.4 Å². The van der Waals surface area contributed by atoms with Crippen molar-refractivity contribution in [3.63, 3.8) is 0 Å². The summed E-state index contributed by atoms with van der Waals surface area (Å²) in [5.74, 6) is 0.791. The standard InChI is InChI=1S/C20H20FN5O2/c21-16-12-23-20(24-13-16)26-8-6-14(7-9-26)11-22-19(27)17-10-18(28-25-17)15-4-2-1-3-5-15/h1-5,10,12-14H,6-9,11H2,(H,22,27). The number of nitrogens with zero attached hydrogens (tertiary/aromatic N) is 4. The number of amides is 1. The smallest absolute Gasteiger partial charge is 0.273 e. The van der Waals surface area contributed by atoms with Gasteiger partial charge in [0, 0.05) is 31.3 Å². The number of rotatable bonds is 5. The average Bonchev–Trinajstić information content (AvgIpc) is 3.24. The number of carbonyl (C=O) groups excluding carboxylic acids is 1. The molecule has 3 heterocycles. The topological polar surface area (TPSA) is 84.2 Å². The highest BCUT2D eigenvalue weighted by molar-refractivity contribution is 5.93. The summed E-state index contributed by atoms with van der Waals surface area (Å²) in [6.45, 7) is 2.12. The van der Waals surface area contributed by atoms with Crippen LogP contribution in [-0.4, -0.2) is 40.7 Å². The molecular weight excluding hydrogens is 361 g/mol. The number of nitrogens with one attached hydrogen (secondary N) is 1. The Morgan fingerprint density at radius 2 is 1.89 bits per heavy atom. The molecule has 2 aromatic heterocycles. The van der Waals surface area contributed by atoms with Gasteiger partial charge in [0.05, 0.1) is 12.4 Å². The Labute approximate surface area is 161 Å². The number of halogens is 1. The number of benzene rings is 1. The van der Waals surface area contributed by atoms with Crippen LogP contribution in [0.2, 0.25) is 0 Å². The molecule has 28 heavy (non-hydrogen) atoms. The third-order valence-corrected chi connectivity index (χ3v) is 4.86. The Hall–Kier alpha value is -3.29. The zero-order valence-electron chi connectivity index (χ0n) is 15.2. The Morgan fingerprint density at radius 3 is 2.61 bits per heavy atom. The van der Waals surface area contributed by atoms with Gasteiger partial charge < -0.3 is 14.7 Å². The molecule has 0 bridgehead atoms. The van der Waals surface area contributed by atoms with Gasteiger partial charge in [-0.05, 0) is 18.8 Å². The first kappa shape index (κ1) is 18.1. The fraction of sp³-hybridized carbons (Fsp3) is 0.300. The molecule has 8 heteroatoms. The first-order valence-corrected chi connectivity index (χ1v) is 9.22. The first-order valence-electron chi connectivity index (χ1n) is 9.22. The van der Waals surface area contributed by atoms with Gasteiger partial charge in [-0.3, -0.25) is 4.79 Å². The molecule has 0 spiro atoms. The summed E-state index contributed by atoms with van der Waals surface area (Å²) in [5.41, 5.74) is 1.15. The van der Waals surface area contributed by atoms with Crippen LogP contribution in [0.15, 0.2) is 53.3 Å². The van der Waals surface area contributed by atoms with Gasteiger partial charge >= 0.3 is 0 Å². The van der Waals surface area contributed by atoms with Crippen LogP contribution in [0.4, 0.5) is 10.3 Å². The summed E-state index contributed by atoms with van der Waals surface area (Å²) in [6.07, 6.45) is 4.15. The van der Waals surface area contributed by atoms with Gasteiger partial charge in [0.1, 0.15) is 0 Å². The van der Waals surface area contributed by atoms with Crippen LogP contribution in [0.25, 0.3) is 11.3 Å². The number of hydrogen-bond donors (Lipinski definition) is 1. The normalized spacial score (nSPS) is 14.8. The number of hydrogen-bond acceptors (Lipinski definition) is 6. The second kappa shape index (κ2) is 8.16. The summed E-state index contributed by atoms with van der Waals surface area (Å²) < 4.78 is 18.2. The molecule has 0 radical (unpaired) electrons. The molecule has 1 aromatic carbocycles. The van der Waals surface area contributed by atoms with E-state index in [1.165, 1.54) is 12.4 Å². The quantitative estimate of drug-likeness (QED) is 0.732. The molecule has 0 unspecified atom stereocenters. The lowest BCUT2D eigenvalue weighted by molar-refractivity contribution is 0.0936. The van der Waals surface area contributed by atoms with Crippen molar-refractivity contribution in [2.75, 3.05) is 24.5 Å². The van der Waals surface area contributed by atoms with Crippen LogP contribution in [0.5, 0.6) is 0 Å². The molecule has 0 atom stereocenters. The number of carbonyl (C=O) groups is 1. The number of piperidine rings is 1. The maximum absolute atomic E-state index is 12.9. The van der Waals surface area contributed by atoms with Gasteiger partial charge in [0.2, 0.25) is 5.95 Å². The molecule has 1 amide bonds. The van der Waals surface area contributed by atoms with E-state index in [2.05, 4.69) is 20.4 Å². The Kier molecular flexibility index (Phi) is 5.27. The summed E-state index contributed by atoms with van der Waals surface area (Å²) in [6, 6.07) is 11.2. The zero-order valence-corrected chi connectivity index (χ0v) is 15.2. The summed E-state index contributed by atoms with van der Waals surface area (Å²) in [7, 11) is 0. The second-order valence-electron chi connectivity index (χ2n) is 6.78. The van der Waals surface area contributed by atoms with E-state index in [1.54, 1.807) is 6.07 Å². The highest BCUT2D eigenvalue weighted by atomic mass is 19.1. The lowest BCUT2D eigenvalue weighted by atomic mass is 9.97. The molecule has 1 saturated heterocycles. The largest absolute Gasteiger partial charge is 0.355 e. The fourth-order valence-electron chi connectivity index (χ4n) is 3.25. The lowest BCUT2D eigenvalue weighted by Gasteiger charge is -2.31. The highest BCUT2D eigenvalue weighted by Crippen LogP contribution is 2.21. The van der Waals surface area contributed by atoms with E-state index >= 15 is 0 Å². The van der Waals surface area contributed by atoms with Crippen LogP contribution in [0.1, 0.15) is 23.3 Å². The third kappa shape index (κ3) is 4.16. The van der Waals surface area contributed by atoms with E-state index in [-0.39, 0.29) is 11.6 Å². The van der Waals surface area contributed by atoms with E-state index in [4.69, 9.17) is 4.52 Å². The second-order valence-corrected chi connectivity index (χ2v) is 6.78. The van der Waals surface area contributed by atoms with Crippen molar-refractivity contribution in [2.24, 2.45) is 5.92 Å². The van der Waals surface area contributed by atoms with E-state index in [9.17, 15) is 9.18 Å². The summed E-state index contributed by atoms with van der Waals surface area (Å²) in [5, 5.41) is 6.81. The third-order valence-electron chi connectivity index (χ3n) is 4.86. The molecular formula is C20H20FN5O2. The van der Waals surface area contributed by atoms with Crippen LogP contribution in [0.3, 0.4) is 0 Å². The first-order chi connectivity index (χ1) is 13.7. The Bertz CT molecular complexity index is 921. The van der Waals surface area contributed by atoms with Crippen molar-refractivity contribution in [2.45, 2.75) is 12.8 Å². The number of anilines is 1. The van der Waals surface area contributed by atoms with Gasteiger partial charge in [-0.25, -0.2) is 14.4 Å². The van der Waals surface area contributed by atoms with Gasteiger partial charge in [-0.1, -0.05) is 35.5 Å². The van der Waals surface area contributed by atoms with Crippen molar-refractivity contribution in [3.05, 3.63) is 60.3 Å². The van der Waals surface area contributed by atoms with Crippen molar-refractivity contribution < 1.29 is 13.7 Å². The maximum atomic E-state index is 12.9. The van der Waals surface area contributed by atoms with E-state index < -0.39 is 5.82 Å². The molecule has 0 saturated carbocycles. The molecule has 1 fully saturated rings. The van der Waals surface area contributed by atoms with Gasteiger partial charge in [-0.2, -0.15) is 0 Å². The highest BCUT2D eigenvalue weighted by Gasteiger charge is 2.22. The van der Waals surface area contributed by atoms with Gasteiger partial charge in [-0.15, -0.1) is 0 Å². The van der Waals surface area contributed by atoms with E-state index in [0.29, 0.717) is 24.2 Å². The minimum atomic E-state index is -0.440. The minimum Gasteiger partial charge on any atom is -0.355 e. The Balaban J connectivity index is 1.27. The minimum absolute atomic E-state index is 0.241. The fourth-order valence-corrected chi connectivity index (χ4v) is 3.25. The molecule has 7 nitrogen and oxygen atoms in total.